The molecule has 2 aromatic carbocycles. The van der Waals surface area contributed by atoms with E-state index in [1.165, 1.54) is 31.5 Å². The molecule has 3 aromatic rings. The largest absolute Gasteiger partial charge is 0.496 e. The highest BCUT2D eigenvalue weighted by molar-refractivity contribution is 6.62. The molecule has 2 atom stereocenters. The third-order valence-corrected chi connectivity index (χ3v) is 8.28. The van der Waals surface area contributed by atoms with Crippen LogP contribution in [-0.2, 0) is 14.0 Å². The lowest BCUT2D eigenvalue weighted by Crippen LogP contribution is -2.41. The molecular formula is C30H35BFN5O7. The Bertz CT molecular complexity index is 1560. The quantitative estimate of drug-likeness (QED) is 0.325. The standard InChI is InChI=1S/C30H35BFN5O7/c1-29(2)30(3,4)44-31(43-29)17-9-10-21(23(13-17)37-15-19(42-28(33)40)14-18(37)16-38)36-27(39)22-11-12-34-26(35-22)25-20(32)7-6-8-24(25)41-5/h6-13,18-19,38H,14-16H2,1-5H3,(H2,33,40)(H,36,39)/t18-,19-/m0/s1. The first-order valence-corrected chi connectivity index (χ1v) is 14.1. The molecule has 0 saturated carbocycles. The number of rotatable bonds is 8. The topological polar surface area (TPSA) is 158 Å². The fourth-order valence-corrected chi connectivity index (χ4v) is 5.29. The molecular weight excluding hydrogens is 572 g/mol. The van der Waals surface area contributed by atoms with Gasteiger partial charge in [-0.1, -0.05) is 12.1 Å². The van der Waals surface area contributed by atoms with Gasteiger partial charge in [0, 0.05) is 12.6 Å². The molecule has 3 heterocycles. The molecule has 2 aliphatic heterocycles. The minimum atomic E-state index is -0.918. The average molecular weight is 607 g/mol. The molecule has 44 heavy (non-hydrogen) atoms. The summed E-state index contributed by atoms with van der Waals surface area (Å²) in [6, 6.07) is 10.6. The fraction of sp³-hybridized carbons (Fsp3) is 0.400. The molecule has 2 amide bonds. The van der Waals surface area contributed by atoms with Crippen LogP contribution in [0.25, 0.3) is 11.4 Å². The van der Waals surface area contributed by atoms with Crippen molar-refractivity contribution in [1.82, 2.24) is 9.97 Å². The number of amides is 2. The molecule has 0 aliphatic carbocycles. The SMILES string of the molecule is COc1cccc(F)c1-c1nccc(C(=O)Nc2ccc(B3OC(C)(C)C(C)(C)O3)cc2N2C[C@@H](OC(N)=O)C[C@H]2CO)n1. The van der Waals surface area contributed by atoms with Gasteiger partial charge in [0.2, 0.25) is 0 Å². The highest BCUT2D eigenvalue weighted by atomic mass is 19.1. The number of benzene rings is 2. The zero-order valence-electron chi connectivity index (χ0n) is 25.2. The van der Waals surface area contributed by atoms with Crippen LogP contribution < -0.4 is 26.2 Å². The number of halogens is 1. The smallest absolute Gasteiger partial charge is 0.494 e. The summed E-state index contributed by atoms with van der Waals surface area (Å²) in [5, 5.41) is 13.1. The van der Waals surface area contributed by atoms with Gasteiger partial charge in [0.15, 0.2) is 5.82 Å². The molecule has 0 unspecified atom stereocenters. The number of nitrogens with one attached hydrogen (secondary N) is 1. The minimum Gasteiger partial charge on any atom is -0.496 e. The molecule has 2 fully saturated rings. The van der Waals surface area contributed by atoms with Gasteiger partial charge in [0.1, 0.15) is 23.4 Å². The van der Waals surface area contributed by atoms with Crippen molar-refractivity contribution in [1.29, 1.82) is 0 Å². The number of carbonyl (C=O) groups excluding carboxylic acids is 2. The summed E-state index contributed by atoms with van der Waals surface area (Å²) in [5.41, 5.74) is 5.71. The summed E-state index contributed by atoms with van der Waals surface area (Å²) >= 11 is 0. The van der Waals surface area contributed by atoms with E-state index < -0.39 is 48.3 Å². The number of primary amides is 1. The van der Waals surface area contributed by atoms with E-state index in [-0.39, 0.29) is 36.0 Å². The van der Waals surface area contributed by atoms with Gasteiger partial charge >= 0.3 is 13.2 Å². The van der Waals surface area contributed by atoms with Gasteiger partial charge in [-0.15, -0.1) is 0 Å². The molecule has 2 aliphatic rings. The number of ether oxygens (including phenoxy) is 2. The van der Waals surface area contributed by atoms with Crippen LogP contribution in [0.5, 0.6) is 5.75 Å². The maximum atomic E-state index is 14.7. The van der Waals surface area contributed by atoms with Crippen LogP contribution in [0.4, 0.5) is 20.6 Å². The monoisotopic (exact) mass is 607 g/mol. The maximum Gasteiger partial charge on any atom is 0.494 e. The van der Waals surface area contributed by atoms with Crippen molar-refractivity contribution >= 4 is 36.0 Å². The van der Waals surface area contributed by atoms with Gasteiger partial charge in [-0.05, 0) is 63.5 Å². The normalized spacial score (nSPS) is 20.4. The van der Waals surface area contributed by atoms with Crippen molar-refractivity contribution in [2.75, 3.05) is 30.5 Å². The Balaban J connectivity index is 1.50. The van der Waals surface area contributed by atoms with Crippen LogP contribution in [0.2, 0.25) is 0 Å². The maximum absolute atomic E-state index is 14.7. The van der Waals surface area contributed by atoms with Crippen molar-refractivity contribution < 1.29 is 37.9 Å². The number of nitrogens with zero attached hydrogens (tertiary/aromatic N) is 3. The van der Waals surface area contributed by atoms with Gasteiger partial charge in [-0.25, -0.2) is 19.2 Å². The van der Waals surface area contributed by atoms with E-state index >= 15 is 0 Å². The van der Waals surface area contributed by atoms with Crippen LogP contribution >= 0.6 is 0 Å². The van der Waals surface area contributed by atoms with E-state index in [0.717, 1.165) is 0 Å². The Hall–Kier alpha value is -4.27. The van der Waals surface area contributed by atoms with E-state index in [1.54, 1.807) is 18.2 Å². The summed E-state index contributed by atoms with van der Waals surface area (Å²) < 4.78 is 37.7. The van der Waals surface area contributed by atoms with Gasteiger partial charge in [0.05, 0.1) is 54.4 Å². The fourth-order valence-electron chi connectivity index (χ4n) is 5.29. The number of hydrogen-bond acceptors (Lipinski definition) is 10. The number of aliphatic hydroxyl groups is 1. The highest BCUT2D eigenvalue weighted by Gasteiger charge is 2.52. The number of carbonyl (C=O) groups is 2. The Kier molecular flexibility index (Phi) is 8.52. The van der Waals surface area contributed by atoms with Crippen molar-refractivity contribution in [2.45, 2.75) is 57.5 Å². The minimum absolute atomic E-state index is 0.0173. The second-order valence-corrected chi connectivity index (χ2v) is 11.7. The van der Waals surface area contributed by atoms with Gasteiger partial charge in [-0.3, -0.25) is 4.79 Å². The van der Waals surface area contributed by atoms with Crippen molar-refractivity contribution in [3.05, 3.63) is 60.2 Å². The average Bonchev–Trinajstić information content (AvgIpc) is 3.48. The number of anilines is 2. The third-order valence-electron chi connectivity index (χ3n) is 8.28. The van der Waals surface area contributed by atoms with Crippen molar-refractivity contribution in [2.24, 2.45) is 5.73 Å². The molecule has 0 bridgehead atoms. The number of aliphatic hydroxyl groups excluding tert-OH is 1. The Morgan fingerprint density at radius 2 is 1.91 bits per heavy atom. The molecule has 5 rings (SSSR count). The lowest BCUT2D eigenvalue weighted by molar-refractivity contribution is 0.00578. The van der Waals surface area contributed by atoms with Crippen molar-refractivity contribution in [3.63, 3.8) is 0 Å². The van der Waals surface area contributed by atoms with Crippen LogP contribution in [0.15, 0.2) is 48.7 Å². The molecule has 12 nitrogen and oxygen atoms in total. The number of methoxy groups -OCH3 is 1. The summed E-state index contributed by atoms with van der Waals surface area (Å²) in [6.45, 7) is 7.76. The Morgan fingerprint density at radius 3 is 2.57 bits per heavy atom. The second kappa shape index (κ2) is 12.0. The van der Waals surface area contributed by atoms with Gasteiger partial charge in [0.25, 0.3) is 5.91 Å². The van der Waals surface area contributed by atoms with Crippen molar-refractivity contribution in [3.8, 4) is 17.1 Å². The first kappa shape index (κ1) is 31.2. The van der Waals surface area contributed by atoms with E-state index in [1.807, 2.05) is 38.7 Å². The molecule has 232 valence electrons. The Morgan fingerprint density at radius 1 is 1.18 bits per heavy atom. The Labute approximate surface area is 254 Å². The van der Waals surface area contributed by atoms with Crippen LogP contribution in [0.3, 0.4) is 0 Å². The van der Waals surface area contributed by atoms with Crippen LogP contribution in [0.1, 0.15) is 44.6 Å². The number of aromatic nitrogens is 2. The number of nitrogens with two attached hydrogens (primary N) is 1. The lowest BCUT2D eigenvalue weighted by Gasteiger charge is -2.32. The summed E-state index contributed by atoms with van der Waals surface area (Å²) in [7, 11) is 0.706. The lowest BCUT2D eigenvalue weighted by atomic mass is 9.78. The summed E-state index contributed by atoms with van der Waals surface area (Å²) in [4.78, 5) is 35.3. The van der Waals surface area contributed by atoms with Gasteiger partial charge in [-0.2, -0.15) is 0 Å². The van der Waals surface area contributed by atoms with E-state index in [0.29, 0.717) is 23.3 Å². The molecule has 0 radical (unpaired) electrons. The molecule has 14 heteroatoms. The van der Waals surface area contributed by atoms with E-state index in [9.17, 15) is 19.1 Å². The molecule has 4 N–H and O–H groups in total. The highest BCUT2D eigenvalue weighted by Crippen LogP contribution is 2.38. The zero-order chi connectivity index (χ0) is 31.8. The predicted molar refractivity (Wildman–Crippen MR) is 161 cm³/mol. The third kappa shape index (κ3) is 6.05. The first-order valence-electron chi connectivity index (χ1n) is 14.1. The molecule has 2 saturated heterocycles. The van der Waals surface area contributed by atoms with E-state index in [4.69, 9.17) is 24.5 Å². The molecule has 0 spiro atoms. The van der Waals surface area contributed by atoms with Gasteiger partial charge < -0.3 is 39.8 Å². The summed E-state index contributed by atoms with van der Waals surface area (Å²) in [5.74, 6) is -0.979. The summed E-state index contributed by atoms with van der Waals surface area (Å²) in [6.07, 6.45) is 0.195. The number of hydrogen-bond donors (Lipinski definition) is 3. The van der Waals surface area contributed by atoms with Crippen LogP contribution in [0, 0.1) is 5.82 Å². The first-order chi connectivity index (χ1) is 20.8. The van der Waals surface area contributed by atoms with Crippen LogP contribution in [-0.4, -0.2) is 77.8 Å². The van der Waals surface area contributed by atoms with E-state index in [2.05, 4.69) is 15.3 Å². The predicted octanol–water partition coefficient (Wildman–Crippen LogP) is 2.88. The second-order valence-electron chi connectivity index (χ2n) is 11.7. The zero-order valence-corrected chi connectivity index (χ0v) is 25.2. The molecule has 1 aromatic heterocycles.